The standard InChI is InChI=1S/C11H12N2O/c1-7-9-5-3-2-4-8(9)6-13-10(7)11(12)14/h2-7,9H,1H3,(H2,12,14)/p+1. The lowest BCUT2D eigenvalue weighted by atomic mass is 9.80. The van der Waals surface area contributed by atoms with Crippen LogP contribution in [0.5, 0.6) is 0 Å². The number of carbonyl (C=O) groups is 1. The Morgan fingerprint density at radius 1 is 1.50 bits per heavy atom. The SMILES string of the molecule is CC1C(C(N)=O)=[NH+]C=C2C=CC=CC21. The second-order valence-electron chi connectivity index (χ2n) is 3.63. The zero-order valence-corrected chi connectivity index (χ0v) is 8.03. The van der Waals surface area contributed by atoms with Crippen LogP contribution in [0.4, 0.5) is 0 Å². The van der Waals surface area contributed by atoms with Crippen molar-refractivity contribution in [2.75, 3.05) is 0 Å². The largest absolute Gasteiger partial charge is 0.361 e. The highest BCUT2D eigenvalue weighted by Gasteiger charge is 2.34. The van der Waals surface area contributed by atoms with E-state index in [1.807, 2.05) is 31.4 Å². The molecule has 3 nitrogen and oxygen atoms in total. The lowest BCUT2D eigenvalue weighted by Crippen LogP contribution is -2.74. The first-order valence-corrected chi connectivity index (χ1v) is 4.68. The molecule has 72 valence electrons. The molecule has 0 saturated heterocycles. The zero-order chi connectivity index (χ0) is 10.1. The van der Waals surface area contributed by atoms with Crippen LogP contribution in [-0.2, 0) is 4.79 Å². The zero-order valence-electron chi connectivity index (χ0n) is 8.03. The predicted molar refractivity (Wildman–Crippen MR) is 54.2 cm³/mol. The average Bonchev–Trinajstić information content (AvgIpc) is 2.18. The van der Waals surface area contributed by atoms with Crippen LogP contribution in [0.15, 0.2) is 36.1 Å². The van der Waals surface area contributed by atoms with E-state index in [9.17, 15) is 4.79 Å². The Kier molecular flexibility index (Phi) is 2.08. The van der Waals surface area contributed by atoms with Gasteiger partial charge in [-0.3, -0.25) is 4.79 Å². The number of rotatable bonds is 1. The van der Waals surface area contributed by atoms with Crippen molar-refractivity contribution < 1.29 is 9.79 Å². The summed E-state index contributed by atoms with van der Waals surface area (Å²) in [5.74, 6) is 0.0493. The van der Waals surface area contributed by atoms with E-state index in [1.165, 1.54) is 5.57 Å². The number of nitrogens with two attached hydrogens (primary N) is 1. The number of allylic oxidation sites excluding steroid dienone is 5. The summed E-state index contributed by atoms with van der Waals surface area (Å²) in [5.41, 5.74) is 7.06. The van der Waals surface area contributed by atoms with E-state index in [-0.39, 0.29) is 17.7 Å². The van der Waals surface area contributed by atoms with E-state index in [4.69, 9.17) is 5.73 Å². The predicted octanol–water partition coefficient (Wildman–Crippen LogP) is -0.731. The minimum Gasteiger partial charge on any atom is -0.361 e. The molecular formula is C11H13N2O+. The fourth-order valence-corrected chi connectivity index (χ4v) is 1.94. The van der Waals surface area contributed by atoms with Crippen molar-refractivity contribution in [2.45, 2.75) is 6.92 Å². The fourth-order valence-electron chi connectivity index (χ4n) is 1.94. The molecule has 2 unspecified atom stereocenters. The van der Waals surface area contributed by atoms with Gasteiger partial charge >= 0.3 is 5.91 Å². The summed E-state index contributed by atoms with van der Waals surface area (Å²) in [4.78, 5) is 14.1. The van der Waals surface area contributed by atoms with Gasteiger partial charge in [0.2, 0.25) is 5.71 Å². The van der Waals surface area contributed by atoms with Gasteiger partial charge in [-0.1, -0.05) is 31.2 Å². The van der Waals surface area contributed by atoms with Gasteiger partial charge in [-0.25, -0.2) is 4.99 Å². The van der Waals surface area contributed by atoms with Crippen molar-refractivity contribution in [3.8, 4) is 0 Å². The van der Waals surface area contributed by atoms with Crippen molar-refractivity contribution in [2.24, 2.45) is 17.6 Å². The van der Waals surface area contributed by atoms with Gasteiger partial charge in [-0.05, 0) is 0 Å². The minimum atomic E-state index is -0.365. The van der Waals surface area contributed by atoms with Crippen LogP contribution < -0.4 is 10.7 Å². The molecule has 0 aromatic rings. The van der Waals surface area contributed by atoms with E-state index in [1.54, 1.807) is 0 Å². The van der Waals surface area contributed by atoms with Gasteiger partial charge in [-0.15, -0.1) is 0 Å². The van der Waals surface area contributed by atoms with Gasteiger partial charge < -0.3 is 5.73 Å². The topological polar surface area (TPSA) is 57.1 Å². The monoisotopic (exact) mass is 189 g/mol. The highest BCUT2D eigenvalue weighted by molar-refractivity contribution is 6.36. The molecule has 2 aliphatic rings. The first-order valence-electron chi connectivity index (χ1n) is 4.68. The number of hydrogen-bond donors (Lipinski definition) is 2. The van der Waals surface area contributed by atoms with Crippen molar-refractivity contribution in [1.82, 2.24) is 0 Å². The molecule has 3 N–H and O–H groups in total. The Morgan fingerprint density at radius 2 is 2.29 bits per heavy atom. The van der Waals surface area contributed by atoms with E-state index < -0.39 is 0 Å². The van der Waals surface area contributed by atoms with Crippen LogP contribution in [0.3, 0.4) is 0 Å². The smallest absolute Gasteiger partial charge is 0.309 e. The number of amides is 1. The maximum atomic E-state index is 11.1. The van der Waals surface area contributed by atoms with Crippen molar-refractivity contribution >= 4 is 11.6 Å². The molecule has 1 aliphatic heterocycles. The molecule has 0 spiro atoms. The van der Waals surface area contributed by atoms with Gasteiger partial charge in [0.25, 0.3) is 0 Å². The van der Waals surface area contributed by atoms with Crippen LogP contribution >= 0.6 is 0 Å². The molecule has 1 amide bonds. The lowest BCUT2D eigenvalue weighted by Gasteiger charge is -2.22. The van der Waals surface area contributed by atoms with Crippen molar-refractivity contribution in [3.05, 3.63) is 36.1 Å². The van der Waals surface area contributed by atoms with Gasteiger partial charge in [0.05, 0.1) is 5.92 Å². The van der Waals surface area contributed by atoms with Crippen LogP contribution in [0.25, 0.3) is 0 Å². The third-order valence-electron chi connectivity index (χ3n) is 2.76. The van der Waals surface area contributed by atoms with E-state index in [0.29, 0.717) is 5.71 Å². The third kappa shape index (κ3) is 1.31. The highest BCUT2D eigenvalue weighted by Crippen LogP contribution is 2.26. The van der Waals surface area contributed by atoms with Crippen LogP contribution in [0.2, 0.25) is 0 Å². The molecule has 0 saturated carbocycles. The Morgan fingerprint density at radius 3 is 3.00 bits per heavy atom. The molecule has 0 aromatic carbocycles. The maximum Gasteiger partial charge on any atom is 0.309 e. The summed E-state index contributed by atoms with van der Waals surface area (Å²) in [7, 11) is 0. The third-order valence-corrected chi connectivity index (χ3v) is 2.76. The Bertz CT molecular complexity index is 388. The van der Waals surface area contributed by atoms with E-state index >= 15 is 0 Å². The van der Waals surface area contributed by atoms with E-state index in [0.717, 1.165) is 0 Å². The molecule has 0 radical (unpaired) electrons. The summed E-state index contributed by atoms with van der Waals surface area (Å²) in [6.45, 7) is 2.01. The normalized spacial score (nSPS) is 29.2. The van der Waals surface area contributed by atoms with Crippen LogP contribution in [0, 0.1) is 11.8 Å². The Labute approximate surface area is 82.7 Å². The fraction of sp³-hybridized carbons (Fsp3) is 0.273. The first-order chi connectivity index (χ1) is 6.70. The Hall–Kier alpha value is -1.64. The second kappa shape index (κ2) is 3.25. The Balaban J connectivity index is 2.39. The number of nitrogens with one attached hydrogen (secondary N) is 1. The average molecular weight is 189 g/mol. The molecule has 2 rings (SSSR count). The molecule has 3 heteroatoms. The maximum absolute atomic E-state index is 11.1. The van der Waals surface area contributed by atoms with Crippen molar-refractivity contribution in [3.63, 3.8) is 0 Å². The van der Waals surface area contributed by atoms with Gasteiger partial charge in [0, 0.05) is 11.5 Å². The van der Waals surface area contributed by atoms with Crippen molar-refractivity contribution in [1.29, 1.82) is 0 Å². The molecule has 14 heavy (non-hydrogen) atoms. The van der Waals surface area contributed by atoms with Crippen LogP contribution in [0.1, 0.15) is 6.92 Å². The molecule has 0 bridgehead atoms. The van der Waals surface area contributed by atoms with Gasteiger partial charge in [0.15, 0.2) is 6.20 Å². The minimum absolute atomic E-state index is 0.133. The summed E-state index contributed by atoms with van der Waals surface area (Å²) in [6.07, 6.45) is 9.99. The molecule has 1 aliphatic carbocycles. The summed E-state index contributed by atoms with van der Waals surface area (Å²) >= 11 is 0. The summed E-state index contributed by atoms with van der Waals surface area (Å²) in [6, 6.07) is 0. The molecule has 0 aromatic heterocycles. The lowest BCUT2D eigenvalue weighted by molar-refractivity contribution is -0.379. The molecular weight excluding hydrogens is 176 g/mol. The number of primary amides is 1. The quantitative estimate of drug-likeness (QED) is 0.561. The van der Waals surface area contributed by atoms with Gasteiger partial charge in [0.1, 0.15) is 0 Å². The summed E-state index contributed by atoms with van der Waals surface area (Å²) < 4.78 is 0. The number of hydrogen-bond acceptors (Lipinski definition) is 1. The second-order valence-corrected chi connectivity index (χ2v) is 3.63. The van der Waals surface area contributed by atoms with Crippen LogP contribution in [-0.4, -0.2) is 11.6 Å². The number of fused-ring (bicyclic) bond motifs is 1. The summed E-state index contributed by atoms with van der Waals surface area (Å²) in [5, 5.41) is 0. The van der Waals surface area contributed by atoms with E-state index in [2.05, 4.69) is 11.1 Å². The van der Waals surface area contributed by atoms with Gasteiger partial charge in [-0.2, -0.15) is 0 Å². The molecule has 2 atom stereocenters. The highest BCUT2D eigenvalue weighted by atomic mass is 16.1. The molecule has 0 fully saturated rings. The number of carbonyl (C=O) groups excluding carboxylic acids is 1. The molecule has 1 heterocycles. The first kappa shape index (κ1) is 8.94.